The minimum Gasteiger partial charge on any atom is -0.355 e. The van der Waals surface area contributed by atoms with Crippen LogP contribution in [0.5, 0.6) is 0 Å². The van der Waals surface area contributed by atoms with Crippen LogP contribution in [0.4, 0.5) is 10.1 Å². The van der Waals surface area contributed by atoms with Crippen LogP contribution in [-0.4, -0.2) is 62.7 Å². The Morgan fingerprint density at radius 1 is 1.12 bits per heavy atom. The van der Waals surface area contributed by atoms with Crippen LogP contribution in [0.3, 0.4) is 0 Å². The van der Waals surface area contributed by atoms with Crippen molar-refractivity contribution >= 4 is 39.3 Å². The molecule has 11 heteroatoms. The van der Waals surface area contributed by atoms with E-state index in [4.69, 9.17) is 11.6 Å². The monoisotopic (exact) mass is 498 g/mol. The Hall–Kier alpha value is -2.69. The predicted octanol–water partition coefficient (Wildman–Crippen LogP) is 2.65. The zero-order valence-electron chi connectivity index (χ0n) is 19.0. The molecule has 0 spiro atoms. The van der Waals surface area contributed by atoms with Crippen LogP contribution in [0, 0.1) is 5.82 Å². The standard InChI is InChI=1S/C22H28ClFN4O4S/c1-5-25-22(30)16(2)27(14-17-7-6-8-18(23)13-17)21(29)15-28(33(31,32)26(3)4)20-11-9-19(24)10-12-20/h6-13,16H,5,14-15H2,1-4H3,(H,25,30). The molecule has 1 atom stereocenters. The Kier molecular flexibility index (Phi) is 9.21. The Labute approximate surface area is 199 Å². The van der Waals surface area contributed by atoms with E-state index >= 15 is 0 Å². The van der Waals surface area contributed by atoms with E-state index in [0.717, 1.165) is 20.7 Å². The molecule has 0 bridgehead atoms. The number of benzene rings is 2. The van der Waals surface area contributed by atoms with Gasteiger partial charge in [-0.1, -0.05) is 23.7 Å². The third-order valence-corrected chi connectivity index (χ3v) is 6.95. The van der Waals surface area contributed by atoms with Gasteiger partial charge < -0.3 is 10.2 Å². The average molecular weight is 499 g/mol. The molecule has 0 heterocycles. The lowest BCUT2D eigenvalue weighted by Crippen LogP contribution is -2.52. The molecule has 2 rings (SSSR count). The van der Waals surface area contributed by atoms with Gasteiger partial charge in [-0.15, -0.1) is 0 Å². The van der Waals surface area contributed by atoms with E-state index in [9.17, 15) is 22.4 Å². The van der Waals surface area contributed by atoms with Gasteiger partial charge in [0.15, 0.2) is 0 Å². The topological polar surface area (TPSA) is 90.0 Å². The van der Waals surface area contributed by atoms with Gasteiger partial charge in [0.1, 0.15) is 18.4 Å². The van der Waals surface area contributed by atoms with Crippen LogP contribution >= 0.6 is 11.6 Å². The molecule has 180 valence electrons. The number of rotatable bonds is 10. The van der Waals surface area contributed by atoms with E-state index in [1.807, 2.05) is 0 Å². The first-order valence-electron chi connectivity index (χ1n) is 10.2. The number of amides is 2. The molecule has 0 aliphatic rings. The Morgan fingerprint density at radius 3 is 2.30 bits per heavy atom. The maximum Gasteiger partial charge on any atom is 0.304 e. The highest BCUT2D eigenvalue weighted by molar-refractivity contribution is 7.90. The lowest BCUT2D eigenvalue weighted by atomic mass is 10.1. The lowest BCUT2D eigenvalue weighted by molar-refractivity contribution is -0.139. The largest absolute Gasteiger partial charge is 0.355 e. The van der Waals surface area contributed by atoms with E-state index in [2.05, 4.69) is 5.32 Å². The number of hydrogen-bond donors (Lipinski definition) is 1. The van der Waals surface area contributed by atoms with E-state index < -0.39 is 34.5 Å². The van der Waals surface area contributed by atoms with Crippen LogP contribution in [0.25, 0.3) is 0 Å². The number of likely N-dealkylation sites (N-methyl/N-ethyl adjacent to an activating group) is 1. The molecule has 0 saturated heterocycles. The summed E-state index contributed by atoms with van der Waals surface area (Å²) in [5.74, 6) is -1.53. The molecule has 0 saturated carbocycles. The van der Waals surface area contributed by atoms with Gasteiger partial charge in [0.2, 0.25) is 11.8 Å². The Bertz CT molecular complexity index is 1080. The zero-order chi connectivity index (χ0) is 24.8. The number of hydrogen-bond acceptors (Lipinski definition) is 4. The first-order valence-corrected chi connectivity index (χ1v) is 12.0. The maximum atomic E-state index is 13.4. The van der Waals surface area contributed by atoms with Crippen molar-refractivity contribution in [1.29, 1.82) is 0 Å². The highest BCUT2D eigenvalue weighted by atomic mass is 35.5. The summed E-state index contributed by atoms with van der Waals surface area (Å²) in [5.41, 5.74) is 0.794. The molecular formula is C22H28ClFN4O4S. The fourth-order valence-corrected chi connectivity index (χ4v) is 4.33. The van der Waals surface area contributed by atoms with Gasteiger partial charge in [-0.3, -0.25) is 9.59 Å². The van der Waals surface area contributed by atoms with Gasteiger partial charge in [-0.05, 0) is 55.8 Å². The second-order valence-corrected chi connectivity index (χ2v) is 10.00. The van der Waals surface area contributed by atoms with Crippen molar-refractivity contribution in [3.63, 3.8) is 0 Å². The van der Waals surface area contributed by atoms with Gasteiger partial charge in [-0.25, -0.2) is 8.70 Å². The molecule has 0 aromatic heterocycles. The molecule has 0 aliphatic carbocycles. The predicted molar refractivity (Wildman–Crippen MR) is 127 cm³/mol. The summed E-state index contributed by atoms with van der Waals surface area (Å²) < 4.78 is 41.2. The fourth-order valence-electron chi connectivity index (χ4n) is 3.06. The number of nitrogens with zero attached hydrogens (tertiary/aromatic N) is 3. The summed E-state index contributed by atoms with van der Waals surface area (Å²) in [5, 5.41) is 3.14. The number of carbonyl (C=O) groups excluding carboxylic acids is 2. The number of nitrogens with one attached hydrogen (secondary N) is 1. The maximum absolute atomic E-state index is 13.4. The fraction of sp³-hybridized carbons (Fsp3) is 0.364. The molecule has 0 fully saturated rings. The summed E-state index contributed by atoms with van der Waals surface area (Å²) in [4.78, 5) is 27.2. The van der Waals surface area contributed by atoms with Gasteiger partial charge in [-0.2, -0.15) is 12.7 Å². The van der Waals surface area contributed by atoms with Crippen LogP contribution < -0.4 is 9.62 Å². The van der Waals surface area contributed by atoms with Crippen molar-refractivity contribution in [2.75, 3.05) is 31.5 Å². The SMILES string of the molecule is CCNC(=O)C(C)N(Cc1cccc(Cl)c1)C(=O)CN(c1ccc(F)cc1)S(=O)(=O)N(C)C. The van der Waals surface area contributed by atoms with Crippen molar-refractivity contribution in [2.45, 2.75) is 26.4 Å². The molecule has 8 nitrogen and oxygen atoms in total. The molecule has 1 unspecified atom stereocenters. The van der Waals surface area contributed by atoms with Gasteiger partial charge in [0, 0.05) is 32.2 Å². The molecule has 0 radical (unpaired) electrons. The van der Waals surface area contributed by atoms with E-state index in [1.165, 1.54) is 31.1 Å². The number of anilines is 1. The molecule has 0 aliphatic heterocycles. The van der Waals surface area contributed by atoms with Gasteiger partial charge in [0.05, 0.1) is 5.69 Å². The van der Waals surface area contributed by atoms with Crippen LogP contribution in [0.1, 0.15) is 19.4 Å². The average Bonchev–Trinajstić information content (AvgIpc) is 2.76. The van der Waals surface area contributed by atoms with Crippen molar-refractivity contribution in [3.05, 3.63) is 64.9 Å². The number of halogens is 2. The van der Waals surface area contributed by atoms with E-state index in [1.54, 1.807) is 38.1 Å². The number of carbonyl (C=O) groups is 2. The Balaban J connectivity index is 2.44. The lowest BCUT2D eigenvalue weighted by Gasteiger charge is -2.32. The summed E-state index contributed by atoms with van der Waals surface area (Å²) in [6.45, 7) is 3.15. The molecule has 1 N–H and O–H groups in total. The van der Waals surface area contributed by atoms with Crippen LogP contribution in [0.15, 0.2) is 48.5 Å². The summed E-state index contributed by atoms with van der Waals surface area (Å²) in [6.07, 6.45) is 0. The van der Waals surface area contributed by atoms with Crippen molar-refractivity contribution in [2.24, 2.45) is 0 Å². The Morgan fingerprint density at radius 2 is 1.76 bits per heavy atom. The third kappa shape index (κ3) is 6.89. The highest BCUT2D eigenvalue weighted by Crippen LogP contribution is 2.21. The third-order valence-electron chi connectivity index (χ3n) is 4.89. The normalized spacial score (nSPS) is 12.3. The first kappa shape index (κ1) is 26.6. The smallest absolute Gasteiger partial charge is 0.304 e. The molecule has 2 aromatic carbocycles. The summed E-state index contributed by atoms with van der Waals surface area (Å²) in [6, 6.07) is 10.7. The van der Waals surface area contributed by atoms with Crippen LogP contribution in [-0.2, 0) is 26.3 Å². The minimum atomic E-state index is -4.09. The van der Waals surface area contributed by atoms with E-state index in [0.29, 0.717) is 17.1 Å². The second kappa shape index (κ2) is 11.4. The quantitative estimate of drug-likeness (QED) is 0.545. The zero-order valence-corrected chi connectivity index (χ0v) is 20.5. The van der Waals surface area contributed by atoms with Crippen molar-refractivity contribution < 1.29 is 22.4 Å². The van der Waals surface area contributed by atoms with Crippen molar-refractivity contribution in [1.82, 2.24) is 14.5 Å². The molecule has 33 heavy (non-hydrogen) atoms. The van der Waals surface area contributed by atoms with Crippen molar-refractivity contribution in [3.8, 4) is 0 Å². The molecule has 2 amide bonds. The first-order chi connectivity index (χ1) is 15.5. The summed E-state index contributed by atoms with van der Waals surface area (Å²) in [7, 11) is -1.43. The molecule has 2 aromatic rings. The van der Waals surface area contributed by atoms with Gasteiger partial charge in [0.25, 0.3) is 0 Å². The minimum absolute atomic E-state index is 0.0387. The second-order valence-electron chi connectivity index (χ2n) is 7.50. The van der Waals surface area contributed by atoms with Gasteiger partial charge >= 0.3 is 10.2 Å². The summed E-state index contributed by atoms with van der Waals surface area (Å²) >= 11 is 6.07. The molecular weight excluding hydrogens is 471 g/mol. The van der Waals surface area contributed by atoms with E-state index in [-0.39, 0.29) is 18.1 Å². The van der Waals surface area contributed by atoms with Crippen LogP contribution in [0.2, 0.25) is 5.02 Å². The highest BCUT2D eigenvalue weighted by Gasteiger charge is 2.32.